The zero-order chi connectivity index (χ0) is 23.2. The first kappa shape index (κ1) is 23.1. The number of carbonyl (C=O) groups is 2. The van der Waals surface area contributed by atoms with Crippen molar-refractivity contribution < 1.29 is 19.1 Å². The van der Waals surface area contributed by atoms with Crippen molar-refractivity contribution in [2.45, 2.75) is 12.8 Å². The van der Waals surface area contributed by atoms with Crippen molar-refractivity contribution in [1.82, 2.24) is 4.90 Å². The molecule has 2 aromatic carbocycles. The quantitative estimate of drug-likeness (QED) is 0.695. The van der Waals surface area contributed by atoms with Gasteiger partial charge in [0.1, 0.15) is 5.75 Å². The molecule has 0 aliphatic carbocycles. The van der Waals surface area contributed by atoms with Gasteiger partial charge < -0.3 is 24.6 Å². The number of hydrogen-bond donors (Lipinski definition) is 1. The molecule has 2 aliphatic heterocycles. The van der Waals surface area contributed by atoms with Crippen LogP contribution in [-0.4, -0.2) is 76.8 Å². The molecule has 1 fully saturated rings. The van der Waals surface area contributed by atoms with Gasteiger partial charge in [0, 0.05) is 36.7 Å². The van der Waals surface area contributed by atoms with Gasteiger partial charge in [0.15, 0.2) is 0 Å². The number of rotatable bonds is 7. The molecule has 176 valence electrons. The molecule has 1 saturated heterocycles. The lowest BCUT2D eigenvalue weighted by atomic mass is 10.0. The molecule has 8 nitrogen and oxygen atoms in total. The van der Waals surface area contributed by atoms with E-state index >= 15 is 0 Å². The van der Waals surface area contributed by atoms with Crippen LogP contribution in [0, 0.1) is 0 Å². The maximum Gasteiger partial charge on any atom is 0.241 e. The molecule has 0 saturated carbocycles. The number of morpholine rings is 1. The molecule has 0 atom stereocenters. The summed E-state index contributed by atoms with van der Waals surface area (Å²) in [5.41, 5.74) is 3.93. The Balaban J connectivity index is 1.28. The maximum atomic E-state index is 13.0. The molecule has 0 unspecified atom stereocenters. The van der Waals surface area contributed by atoms with Crippen LogP contribution in [-0.2, 0) is 20.7 Å². The van der Waals surface area contributed by atoms with Crippen molar-refractivity contribution in [3.63, 3.8) is 0 Å². The first-order valence-electron chi connectivity index (χ1n) is 11.4. The molecular weight excluding hydrogens is 420 g/mol. The number of fused-ring (bicyclic) bond motifs is 1. The van der Waals surface area contributed by atoms with Gasteiger partial charge in [0.25, 0.3) is 0 Å². The molecule has 0 bridgehead atoms. The second kappa shape index (κ2) is 10.7. The van der Waals surface area contributed by atoms with E-state index in [9.17, 15) is 9.59 Å². The fraction of sp³-hybridized carbons (Fsp3) is 0.440. The van der Waals surface area contributed by atoms with Gasteiger partial charge in [0.2, 0.25) is 11.8 Å². The number of benzene rings is 2. The Labute approximate surface area is 195 Å². The van der Waals surface area contributed by atoms with Gasteiger partial charge in [-0.1, -0.05) is 0 Å². The third-order valence-corrected chi connectivity index (χ3v) is 6.05. The minimum atomic E-state index is -0.145. The smallest absolute Gasteiger partial charge is 0.241 e. The van der Waals surface area contributed by atoms with E-state index in [4.69, 9.17) is 9.47 Å². The molecule has 2 heterocycles. The van der Waals surface area contributed by atoms with Crippen LogP contribution in [0.3, 0.4) is 0 Å². The highest BCUT2D eigenvalue weighted by Crippen LogP contribution is 2.30. The maximum absolute atomic E-state index is 13.0. The fourth-order valence-electron chi connectivity index (χ4n) is 4.35. The second-order valence-corrected chi connectivity index (χ2v) is 8.51. The average Bonchev–Trinajstić information content (AvgIpc) is 2.84. The molecule has 0 aromatic heterocycles. The van der Waals surface area contributed by atoms with Crippen molar-refractivity contribution >= 4 is 28.9 Å². The van der Waals surface area contributed by atoms with E-state index in [1.54, 1.807) is 19.1 Å². The Kier molecular flexibility index (Phi) is 7.47. The zero-order valence-electron chi connectivity index (χ0n) is 19.4. The Morgan fingerprint density at radius 1 is 1.06 bits per heavy atom. The predicted molar refractivity (Wildman–Crippen MR) is 129 cm³/mol. The summed E-state index contributed by atoms with van der Waals surface area (Å²) in [7, 11) is 3.43. The highest BCUT2D eigenvalue weighted by atomic mass is 16.5. The Hall–Kier alpha value is -3.10. The number of aryl methyl sites for hydroxylation is 1. The third kappa shape index (κ3) is 5.83. The fourth-order valence-corrected chi connectivity index (χ4v) is 4.35. The van der Waals surface area contributed by atoms with Crippen LogP contribution in [0.2, 0.25) is 0 Å². The largest absolute Gasteiger partial charge is 0.497 e. The van der Waals surface area contributed by atoms with Crippen LogP contribution in [0.4, 0.5) is 17.1 Å². The highest BCUT2D eigenvalue weighted by Gasteiger charge is 2.24. The molecule has 2 amide bonds. The lowest BCUT2D eigenvalue weighted by molar-refractivity contribution is -0.121. The van der Waals surface area contributed by atoms with Gasteiger partial charge in [-0.25, -0.2) is 0 Å². The lowest BCUT2D eigenvalue weighted by Crippen LogP contribution is -2.43. The van der Waals surface area contributed by atoms with Crippen LogP contribution in [0.1, 0.15) is 12.0 Å². The van der Waals surface area contributed by atoms with E-state index in [0.717, 1.165) is 67.5 Å². The number of nitrogens with one attached hydrogen (secondary N) is 1. The molecule has 0 spiro atoms. The van der Waals surface area contributed by atoms with Crippen molar-refractivity contribution in [3.8, 4) is 5.75 Å². The van der Waals surface area contributed by atoms with Crippen LogP contribution < -0.4 is 19.9 Å². The monoisotopic (exact) mass is 452 g/mol. The average molecular weight is 453 g/mol. The molecular formula is C25H32N4O4. The topological polar surface area (TPSA) is 74.4 Å². The Bertz CT molecular complexity index is 973. The molecule has 1 N–H and O–H groups in total. The van der Waals surface area contributed by atoms with Gasteiger partial charge >= 0.3 is 0 Å². The molecule has 0 radical (unpaired) electrons. The number of nitrogens with zero attached hydrogens (tertiary/aromatic N) is 3. The van der Waals surface area contributed by atoms with Crippen molar-refractivity contribution in [3.05, 3.63) is 48.0 Å². The molecule has 33 heavy (non-hydrogen) atoms. The number of hydrogen-bond acceptors (Lipinski definition) is 6. The Morgan fingerprint density at radius 2 is 1.82 bits per heavy atom. The highest BCUT2D eigenvalue weighted by molar-refractivity contribution is 5.97. The first-order chi connectivity index (χ1) is 16.0. The number of ether oxygens (including phenoxy) is 2. The van der Waals surface area contributed by atoms with Crippen molar-refractivity contribution in [2.24, 2.45) is 0 Å². The summed E-state index contributed by atoms with van der Waals surface area (Å²) in [5.74, 6) is 0.647. The van der Waals surface area contributed by atoms with Crippen LogP contribution in [0.15, 0.2) is 42.5 Å². The summed E-state index contributed by atoms with van der Waals surface area (Å²) >= 11 is 0. The summed E-state index contributed by atoms with van der Waals surface area (Å²) in [4.78, 5) is 31.3. The van der Waals surface area contributed by atoms with Crippen LogP contribution in [0.5, 0.6) is 5.75 Å². The normalized spacial score (nSPS) is 15.8. The van der Waals surface area contributed by atoms with Gasteiger partial charge in [-0.15, -0.1) is 0 Å². The number of carbonyl (C=O) groups excluding carboxylic acids is 2. The summed E-state index contributed by atoms with van der Waals surface area (Å²) in [5, 5.41) is 2.92. The standard InChI is InChI=1S/C25H32N4O4/c1-27(18-25(31)29-11-3-4-19-16-22(32-2)9-10-23(19)29)17-24(30)26-20-5-7-21(8-6-20)28-12-14-33-15-13-28/h5-10,16H,3-4,11-15,17-18H2,1-2H3,(H,26,30). The Morgan fingerprint density at radius 3 is 2.55 bits per heavy atom. The minimum absolute atomic E-state index is 0.00807. The second-order valence-electron chi connectivity index (χ2n) is 8.51. The van der Waals surface area contributed by atoms with Crippen molar-refractivity contribution in [1.29, 1.82) is 0 Å². The minimum Gasteiger partial charge on any atom is -0.497 e. The summed E-state index contributed by atoms with van der Waals surface area (Å²) in [6.45, 7) is 4.23. The zero-order valence-corrected chi connectivity index (χ0v) is 19.4. The van der Waals surface area contributed by atoms with Gasteiger partial charge in [-0.3, -0.25) is 14.5 Å². The van der Waals surface area contributed by atoms with Crippen LogP contribution >= 0.6 is 0 Å². The summed E-state index contributed by atoms with van der Waals surface area (Å²) < 4.78 is 10.7. The SMILES string of the molecule is COc1ccc2c(c1)CCCN2C(=O)CN(C)CC(=O)Nc1ccc(N2CCOCC2)cc1. The number of amides is 2. The van der Waals surface area contributed by atoms with Crippen molar-refractivity contribution in [2.75, 3.05) is 75.2 Å². The lowest BCUT2D eigenvalue weighted by Gasteiger charge is -2.31. The number of likely N-dealkylation sites (N-methyl/N-ethyl adjacent to an activating group) is 1. The molecule has 2 aromatic rings. The number of methoxy groups -OCH3 is 1. The summed E-state index contributed by atoms with van der Waals surface area (Å²) in [6.07, 6.45) is 1.84. The first-order valence-corrected chi connectivity index (χ1v) is 11.4. The van der Waals surface area contributed by atoms with E-state index in [0.29, 0.717) is 6.54 Å². The van der Waals surface area contributed by atoms with E-state index < -0.39 is 0 Å². The summed E-state index contributed by atoms with van der Waals surface area (Å²) in [6, 6.07) is 13.7. The van der Waals surface area contributed by atoms with Gasteiger partial charge in [-0.2, -0.15) is 0 Å². The molecule has 4 rings (SSSR count). The molecule has 2 aliphatic rings. The van der Waals surface area contributed by atoms with E-state index in [1.165, 1.54) is 0 Å². The molecule has 8 heteroatoms. The van der Waals surface area contributed by atoms with Gasteiger partial charge in [-0.05, 0) is 67.9 Å². The van der Waals surface area contributed by atoms with E-state index in [-0.39, 0.29) is 24.9 Å². The predicted octanol–water partition coefficient (Wildman–Crippen LogP) is 2.38. The van der Waals surface area contributed by atoms with Gasteiger partial charge in [0.05, 0.1) is 33.4 Å². The van der Waals surface area contributed by atoms with E-state index in [1.807, 2.05) is 47.4 Å². The number of anilines is 3. The van der Waals surface area contributed by atoms with Crippen LogP contribution in [0.25, 0.3) is 0 Å². The van der Waals surface area contributed by atoms with E-state index in [2.05, 4.69) is 10.2 Å². The third-order valence-electron chi connectivity index (χ3n) is 6.05.